The molecule has 2 aromatic heterocycles. The van der Waals surface area contributed by atoms with Crippen LogP contribution in [0.2, 0.25) is 20.1 Å². The molecule has 10 heteroatoms. The van der Waals surface area contributed by atoms with Crippen molar-refractivity contribution >= 4 is 63.5 Å². The zero-order chi connectivity index (χ0) is 24.9. The molecule has 1 N–H and O–H groups in total. The topological polar surface area (TPSA) is 58.9 Å². The summed E-state index contributed by atoms with van der Waals surface area (Å²) < 4.78 is 7.37. The Balaban J connectivity index is 1.60. The summed E-state index contributed by atoms with van der Waals surface area (Å²) in [5, 5.41) is 9.14. The van der Waals surface area contributed by atoms with Crippen LogP contribution in [-0.2, 0) is 0 Å². The molecule has 0 saturated heterocycles. The Morgan fingerprint density at radius 1 is 1.11 bits per heavy atom. The summed E-state index contributed by atoms with van der Waals surface area (Å²) in [4.78, 5) is 15.3. The number of nitrogens with zero attached hydrogens (tertiary/aromatic N) is 3. The quantitative estimate of drug-likeness (QED) is 0.280. The molecule has 0 aliphatic carbocycles. The summed E-state index contributed by atoms with van der Waals surface area (Å²) in [6.45, 7) is 0.528. The van der Waals surface area contributed by atoms with Gasteiger partial charge in [0.1, 0.15) is 5.75 Å². The van der Waals surface area contributed by atoms with E-state index in [1.165, 1.54) is 6.20 Å². The average molecular weight is 550 g/mol. The van der Waals surface area contributed by atoms with E-state index in [9.17, 15) is 4.79 Å². The van der Waals surface area contributed by atoms with Gasteiger partial charge in [0.05, 0.1) is 56.4 Å². The van der Waals surface area contributed by atoms with Gasteiger partial charge in [-0.2, -0.15) is 5.10 Å². The van der Waals surface area contributed by atoms with E-state index < -0.39 is 0 Å². The number of nitrogens with one attached hydrogen (secondary N) is 1. The van der Waals surface area contributed by atoms with Crippen LogP contribution in [0.1, 0.15) is 28.4 Å². The lowest BCUT2D eigenvalue weighted by Crippen LogP contribution is -2.33. The minimum absolute atomic E-state index is 0.169. The van der Waals surface area contributed by atoms with Gasteiger partial charge in [-0.3, -0.25) is 4.79 Å². The molecule has 0 fully saturated rings. The highest BCUT2D eigenvalue weighted by molar-refractivity contribution is 6.45. The molecule has 6 nitrogen and oxygen atoms in total. The second-order valence-electron chi connectivity index (χ2n) is 8.39. The molecular weight excluding hydrogens is 530 g/mol. The third-order valence-electron chi connectivity index (χ3n) is 5.93. The Morgan fingerprint density at radius 2 is 1.89 bits per heavy atom. The van der Waals surface area contributed by atoms with Crippen LogP contribution in [0.4, 0.5) is 5.69 Å². The zero-order valence-corrected chi connectivity index (χ0v) is 21.8. The first-order valence-electron chi connectivity index (χ1n) is 10.8. The maximum atomic E-state index is 13.5. The number of anilines is 1. The highest BCUT2D eigenvalue weighted by Gasteiger charge is 2.27. The van der Waals surface area contributed by atoms with Gasteiger partial charge in [0, 0.05) is 36.7 Å². The predicted molar refractivity (Wildman–Crippen MR) is 142 cm³/mol. The van der Waals surface area contributed by atoms with Crippen molar-refractivity contribution in [3.8, 4) is 17.0 Å². The number of halogens is 4. The Kier molecular flexibility index (Phi) is 6.49. The van der Waals surface area contributed by atoms with E-state index in [-0.39, 0.29) is 11.9 Å². The normalized spacial score (nSPS) is 15.0. The van der Waals surface area contributed by atoms with Gasteiger partial charge in [-0.05, 0) is 24.3 Å². The molecule has 0 unspecified atom stereocenters. The van der Waals surface area contributed by atoms with E-state index >= 15 is 0 Å². The summed E-state index contributed by atoms with van der Waals surface area (Å²) in [7, 11) is 3.72. The van der Waals surface area contributed by atoms with Crippen molar-refractivity contribution in [1.29, 1.82) is 0 Å². The van der Waals surface area contributed by atoms with Gasteiger partial charge in [-0.1, -0.05) is 64.6 Å². The van der Waals surface area contributed by atoms with E-state index in [2.05, 4.69) is 10.4 Å². The summed E-state index contributed by atoms with van der Waals surface area (Å²) in [6.07, 6.45) is 2.20. The second-order valence-corrected chi connectivity index (χ2v) is 10.0. The molecule has 1 aliphatic heterocycles. The smallest absolute Gasteiger partial charge is 0.255 e. The molecule has 5 rings (SSSR count). The number of hydrogen-bond acceptors (Lipinski definition) is 4. The molecule has 35 heavy (non-hydrogen) atoms. The first-order valence-corrected chi connectivity index (χ1v) is 12.3. The maximum Gasteiger partial charge on any atom is 0.255 e. The van der Waals surface area contributed by atoms with Gasteiger partial charge in [0.15, 0.2) is 0 Å². The Hall–Kier alpha value is -2.64. The highest BCUT2D eigenvalue weighted by atomic mass is 35.5. The third kappa shape index (κ3) is 4.29. The van der Waals surface area contributed by atoms with Crippen molar-refractivity contribution < 1.29 is 9.53 Å². The molecule has 1 atom stereocenters. The van der Waals surface area contributed by atoms with Crippen LogP contribution < -0.4 is 15.0 Å². The summed E-state index contributed by atoms with van der Waals surface area (Å²) in [5.74, 6) is 0.540. The van der Waals surface area contributed by atoms with Crippen LogP contribution in [0.5, 0.6) is 5.75 Å². The fourth-order valence-electron chi connectivity index (χ4n) is 4.41. The number of fused-ring (bicyclic) bond motifs is 2. The van der Waals surface area contributed by atoms with Crippen LogP contribution in [0, 0.1) is 0 Å². The molecule has 0 spiro atoms. The minimum atomic E-state index is -0.242. The molecule has 0 radical (unpaired) electrons. The lowest BCUT2D eigenvalue weighted by molar-refractivity contribution is 0.0925. The number of carbonyl (C=O) groups is 1. The van der Waals surface area contributed by atoms with Gasteiger partial charge in [0.2, 0.25) is 0 Å². The average Bonchev–Trinajstić information content (AvgIpc) is 3.16. The van der Waals surface area contributed by atoms with Crippen LogP contribution in [0.25, 0.3) is 16.8 Å². The molecule has 0 saturated carbocycles. The molecule has 180 valence electrons. The lowest BCUT2D eigenvalue weighted by atomic mass is 10.00. The van der Waals surface area contributed by atoms with E-state index in [0.717, 1.165) is 11.3 Å². The van der Waals surface area contributed by atoms with Crippen molar-refractivity contribution in [2.45, 2.75) is 12.5 Å². The number of amides is 1. The predicted octanol–water partition coefficient (Wildman–Crippen LogP) is 6.93. The van der Waals surface area contributed by atoms with Gasteiger partial charge < -0.3 is 15.0 Å². The van der Waals surface area contributed by atoms with Crippen LogP contribution in [-0.4, -0.2) is 36.2 Å². The standard InChI is InChI=1S/C25H20Cl4N4O2/c1-32(2)24-16(25(34)31-19-7-8-35-21-6-4-3-5-14(19)21)12-30-33-20(24)11-18(28)23(33)15-9-13(26)10-17(27)22(15)29/h3-6,9-12,19H,7-8H2,1-2H3,(H,31,34)/t19-/m0/s1. The Morgan fingerprint density at radius 3 is 2.66 bits per heavy atom. The monoisotopic (exact) mass is 548 g/mol. The van der Waals surface area contributed by atoms with E-state index in [1.54, 1.807) is 22.7 Å². The molecule has 2 aromatic carbocycles. The third-order valence-corrected chi connectivity index (χ3v) is 7.24. The molecule has 4 aromatic rings. The number of benzene rings is 2. The maximum absolute atomic E-state index is 13.5. The number of ether oxygens (including phenoxy) is 1. The number of carbonyl (C=O) groups excluding carboxylic acids is 1. The van der Waals surface area contributed by atoms with E-state index in [0.29, 0.717) is 61.1 Å². The largest absolute Gasteiger partial charge is 0.493 e. The molecule has 1 aliphatic rings. The van der Waals surface area contributed by atoms with Gasteiger partial charge in [0.25, 0.3) is 5.91 Å². The number of aromatic nitrogens is 2. The van der Waals surface area contributed by atoms with Crippen molar-refractivity contribution in [1.82, 2.24) is 14.9 Å². The highest BCUT2D eigenvalue weighted by Crippen LogP contribution is 2.42. The van der Waals surface area contributed by atoms with Gasteiger partial charge in [-0.25, -0.2) is 4.52 Å². The van der Waals surface area contributed by atoms with Crippen molar-refractivity contribution in [3.05, 3.63) is 79.9 Å². The fourth-order valence-corrected chi connectivity index (χ4v) is 5.39. The van der Waals surface area contributed by atoms with Crippen LogP contribution >= 0.6 is 46.4 Å². The first-order chi connectivity index (χ1) is 16.8. The lowest BCUT2D eigenvalue weighted by Gasteiger charge is -2.27. The Bertz CT molecular complexity index is 1470. The zero-order valence-electron chi connectivity index (χ0n) is 18.8. The van der Waals surface area contributed by atoms with Crippen molar-refractivity contribution in [2.75, 3.05) is 25.6 Å². The minimum Gasteiger partial charge on any atom is -0.493 e. The van der Waals surface area contributed by atoms with Gasteiger partial charge in [-0.15, -0.1) is 0 Å². The Labute approximate surface area is 222 Å². The van der Waals surface area contributed by atoms with E-state index in [1.807, 2.05) is 43.3 Å². The molecule has 3 heterocycles. The van der Waals surface area contributed by atoms with E-state index in [4.69, 9.17) is 51.1 Å². The number of rotatable bonds is 4. The van der Waals surface area contributed by atoms with Gasteiger partial charge >= 0.3 is 0 Å². The summed E-state index contributed by atoms with van der Waals surface area (Å²) in [5.41, 5.74) is 3.75. The summed E-state index contributed by atoms with van der Waals surface area (Å²) in [6, 6.07) is 12.6. The fraction of sp³-hybridized carbons (Fsp3) is 0.200. The SMILES string of the molecule is CN(C)c1c(C(=O)N[C@H]2CCOc3ccccc32)cnn2c(-c3cc(Cl)cc(Cl)c3Cl)c(Cl)cc12. The van der Waals surface area contributed by atoms with Crippen molar-refractivity contribution in [2.24, 2.45) is 0 Å². The number of hydrogen-bond donors (Lipinski definition) is 1. The van der Waals surface area contributed by atoms with Crippen LogP contribution in [0.15, 0.2) is 48.7 Å². The molecule has 0 bridgehead atoms. The number of para-hydroxylation sites is 1. The first kappa shape index (κ1) is 24.1. The molecular formula is C25H20Cl4N4O2. The molecule has 1 amide bonds. The van der Waals surface area contributed by atoms with Crippen molar-refractivity contribution in [3.63, 3.8) is 0 Å². The summed E-state index contributed by atoms with van der Waals surface area (Å²) >= 11 is 25.6. The van der Waals surface area contributed by atoms with Crippen LogP contribution in [0.3, 0.4) is 0 Å². The second kappa shape index (κ2) is 9.43.